The second kappa shape index (κ2) is 9.56. The maximum Gasteiger partial charge on any atom is 0.125 e. The molecular formula is C16H28N2O. The van der Waals surface area contributed by atoms with Gasteiger partial charge >= 0.3 is 0 Å². The van der Waals surface area contributed by atoms with E-state index in [-0.39, 0.29) is 6.61 Å². The van der Waals surface area contributed by atoms with Gasteiger partial charge in [-0.05, 0) is 17.4 Å². The highest BCUT2D eigenvalue weighted by molar-refractivity contribution is 5.97. The van der Waals surface area contributed by atoms with Crippen LogP contribution >= 0.6 is 0 Å². The average Bonchev–Trinajstić information content (AvgIpc) is 2.46. The number of aliphatic hydroxyl groups is 1. The smallest absolute Gasteiger partial charge is 0.125 e. The first-order chi connectivity index (χ1) is 9.06. The molecule has 0 saturated heterocycles. The molecule has 3 N–H and O–H groups in total. The minimum atomic E-state index is 0.0309. The van der Waals surface area contributed by atoms with Crippen LogP contribution in [0.5, 0.6) is 0 Å². The third-order valence-electron chi connectivity index (χ3n) is 3.11. The molecule has 1 aromatic carbocycles. The molecule has 108 valence electrons. The first-order valence-corrected chi connectivity index (χ1v) is 7.07. The Balaban J connectivity index is 0.00000154. The molecule has 19 heavy (non-hydrogen) atoms. The second-order valence-electron chi connectivity index (χ2n) is 4.65. The Morgan fingerprint density at radius 3 is 2.11 bits per heavy atom. The van der Waals surface area contributed by atoms with Gasteiger partial charge in [-0.25, -0.2) is 0 Å². The van der Waals surface area contributed by atoms with Crippen molar-refractivity contribution >= 4 is 5.84 Å². The quantitative estimate of drug-likeness (QED) is 0.634. The zero-order chi connectivity index (χ0) is 14.8. The number of aliphatic imine (C=N–C) groups is 1. The third-order valence-corrected chi connectivity index (χ3v) is 3.11. The molecule has 0 radical (unpaired) electrons. The highest BCUT2D eigenvalue weighted by Crippen LogP contribution is 2.23. The zero-order valence-electron chi connectivity index (χ0n) is 12.9. The lowest BCUT2D eigenvalue weighted by Crippen LogP contribution is -2.14. The van der Waals surface area contributed by atoms with E-state index >= 15 is 0 Å². The van der Waals surface area contributed by atoms with Crippen molar-refractivity contribution < 1.29 is 5.11 Å². The molecule has 3 heteroatoms. The average molecular weight is 264 g/mol. The van der Waals surface area contributed by atoms with Crippen LogP contribution in [0.2, 0.25) is 0 Å². The van der Waals surface area contributed by atoms with Gasteiger partial charge in [0.15, 0.2) is 0 Å². The summed E-state index contributed by atoms with van der Waals surface area (Å²) in [4.78, 5) is 4.07. The standard InChI is InChI=1S/C14H22N2O.C2H6/c1-10(2)11(3)12-4-6-13(7-5-12)14(15)16-8-9-17;1-2/h4-7,10-11,17H,8-9H2,1-3H3,(H2,15,16);1-2H3. The van der Waals surface area contributed by atoms with Crippen molar-refractivity contribution in [1.82, 2.24) is 0 Å². The van der Waals surface area contributed by atoms with E-state index in [1.165, 1.54) is 5.56 Å². The lowest BCUT2D eigenvalue weighted by Gasteiger charge is -2.16. The Hall–Kier alpha value is -1.35. The van der Waals surface area contributed by atoms with Gasteiger partial charge in [0.25, 0.3) is 0 Å². The molecule has 1 rings (SSSR count). The minimum Gasteiger partial charge on any atom is -0.394 e. The first kappa shape index (κ1) is 17.6. The molecule has 0 aliphatic rings. The van der Waals surface area contributed by atoms with E-state index in [2.05, 4.69) is 37.9 Å². The van der Waals surface area contributed by atoms with Gasteiger partial charge in [-0.2, -0.15) is 0 Å². The van der Waals surface area contributed by atoms with Gasteiger partial charge in [0.2, 0.25) is 0 Å². The summed E-state index contributed by atoms with van der Waals surface area (Å²) >= 11 is 0. The van der Waals surface area contributed by atoms with E-state index in [0.717, 1.165) is 5.56 Å². The van der Waals surface area contributed by atoms with Gasteiger partial charge in [-0.15, -0.1) is 0 Å². The summed E-state index contributed by atoms with van der Waals surface area (Å²) in [5.41, 5.74) is 8.04. The third kappa shape index (κ3) is 5.88. The van der Waals surface area contributed by atoms with E-state index in [4.69, 9.17) is 10.8 Å². The maximum atomic E-state index is 8.68. The minimum absolute atomic E-state index is 0.0309. The molecule has 3 nitrogen and oxygen atoms in total. The van der Waals surface area contributed by atoms with Crippen LogP contribution in [0.3, 0.4) is 0 Å². The molecule has 1 atom stereocenters. The number of rotatable bonds is 5. The van der Waals surface area contributed by atoms with Crippen molar-refractivity contribution in [1.29, 1.82) is 0 Å². The van der Waals surface area contributed by atoms with Crippen LogP contribution in [-0.2, 0) is 0 Å². The Bertz CT molecular complexity index is 369. The Morgan fingerprint density at radius 1 is 1.16 bits per heavy atom. The Kier molecular flexibility index (Phi) is 8.88. The predicted octanol–water partition coefficient (Wildman–Crippen LogP) is 3.17. The second-order valence-corrected chi connectivity index (χ2v) is 4.65. The van der Waals surface area contributed by atoms with Crippen molar-refractivity contribution in [3.05, 3.63) is 35.4 Å². The number of benzene rings is 1. The molecule has 1 unspecified atom stereocenters. The summed E-state index contributed by atoms with van der Waals surface area (Å²) in [5, 5.41) is 8.68. The van der Waals surface area contributed by atoms with Crippen LogP contribution in [0.25, 0.3) is 0 Å². The van der Waals surface area contributed by atoms with Crippen molar-refractivity contribution in [3.8, 4) is 0 Å². The fourth-order valence-corrected chi connectivity index (χ4v) is 1.60. The van der Waals surface area contributed by atoms with Crippen LogP contribution in [-0.4, -0.2) is 24.1 Å². The van der Waals surface area contributed by atoms with Crippen molar-refractivity contribution in [2.24, 2.45) is 16.6 Å². The summed E-state index contributed by atoms with van der Waals surface area (Å²) in [6.07, 6.45) is 0. The SMILES string of the molecule is CC.CC(C)C(C)c1ccc(C(N)=NCCO)cc1. The fraction of sp³-hybridized carbons (Fsp3) is 0.562. The number of hydrogen-bond donors (Lipinski definition) is 2. The summed E-state index contributed by atoms with van der Waals surface area (Å²) in [6, 6.07) is 8.18. The van der Waals surface area contributed by atoms with Crippen molar-refractivity contribution in [3.63, 3.8) is 0 Å². The number of aliphatic hydroxyl groups excluding tert-OH is 1. The summed E-state index contributed by atoms with van der Waals surface area (Å²) < 4.78 is 0. The molecule has 0 bridgehead atoms. The maximum absolute atomic E-state index is 8.68. The van der Waals surface area contributed by atoms with Crippen LogP contribution in [0, 0.1) is 5.92 Å². The molecular weight excluding hydrogens is 236 g/mol. The monoisotopic (exact) mass is 264 g/mol. The largest absolute Gasteiger partial charge is 0.394 e. The summed E-state index contributed by atoms with van der Waals surface area (Å²) in [7, 11) is 0. The first-order valence-electron chi connectivity index (χ1n) is 7.07. The lowest BCUT2D eigenvalue weighted by atomic mass is 9.90. The van der Waals surface area contributed by atoms with Gasteiger partial charge in [0.1, 0.15) is 5.84 Å². The Morgan fingerprint density at radius 2 is 1.68 bits per heavy atom. The van der Waals surface area contributed by atoms with Gasteiger partial charge in [0, 0.05) is 5.56 Å². The van der Waals surface area contributed by atoms with Crippen molar-refractivity contribution in [2.45, 2.75) is 40.5 Å². The van der Waals surface area contributed by atoms with E-state index in [1.807, 2.05) is 26.0 Å². The molecule has 0 heterocycles. The molecule has 0 aliphatic carbocycles. The number of nitrogens with zero attached hydrogens (tertiary/aromatic N) is 1. The molecule has 0 amide bonds. The fourth-order valence-electron chi connectivity index (χ4n) is 1.60. The zero-order valence-corrected chi connectivity index (χ0v) is 12.9. The topological polar surface area (TPSA) is 58.6 Å². The van der Waals surface area contributed by atoms with Crippen LogP contribution < -0.4 is 5.73 Å². The molecule has 0 fully saturated rings. The molecule has 0 aromatic heterocycles. The van der Waals surface area contributed by atoms with Gasteiger partial charge in [-0.3, -0.25) is 4.99 Å². The number of hydrogen-bond acceptors (Lipinski definition) is 2. The summed E-state index contributed by atoms with van der Waals surface area (Å²) in [5.74, 6) is 1.66. The Labute approximate surface area is 117 Å². The molecule has 0 saturated carbocycles. The molecule has 1 aromatic rings. The lowest BCUT2D eigenvalue weighted by molar-refractivity contribution is 0.307. The van der Waals surface area contributed by atoms with E-state index in [9.17, 15) is 0 Å². The van der Waals surface area contributed by atoms with Crippen LogP contribution in [0.15, 0.2) is 29.3 Å². The molecule has 0 spiro atoms. The van der Waals surface area contributed by atoms with E-state index in [1.54, 1.807) is 0 Å². The van der Waals surface area contributed by atoms with Crippen LogP contribution in [0.1, 0.15) is 51.7 Å². The van der Waals surface area contributed by atoms with Gasteiger partial charge in [-0.1, -0.05) is 58.9 Å². The molecule has 0 aliphatic heterocycles. The number of nitrogens with two attached hydrogens (primary N) is 1. The number of amidine groups is 1. The highest BCUT2D eigenvalue weighted by atomic mass is 16.3. The highest BCUT2D eigenvalue weighted by Gasteiger charge is 2.09. The van der Waals surface area contributed by atoms with Gasteiger partial charge in [0.05, 0.1) is 13.2 Å². The van der Waals surface area contributed by atoms with E-state index < -0.39 is 0 Å². The van der Waals surface area contributed by atoms with E-state index in [0.29, 0.717) is 24.2 Å². The predicted molar refractivity (Wildman–Crippen MR) is 83.7 cm³/mol. The van der Waals surface area contributed by atoms with Crippen LogP contribution in [0.4, 0.5) is 0 Å². The van der Waals surface area contributed by atoms with Gasteiger partial charge < -0.3 is 10.8 Å². The van der Waals surface area contributed by atoms with Crippen molar-refractivity contribution in [2.75, 3.05) is 13.2 Å². The normalized spacial score (nSPS) is 12.9. The summed E-state index contributed by atoms with van der Waals surface area (Å²) in [6.45, 7) is 11.0.